The molecule has 1 aliphatic rings. The third-order valence-electron chi connectivity index (χ3n) is 3.03. The van der Waals surface area contributed by atoms with Crippen LogP contribution in [0.1, 0.15) is 26.2 Å². The van der Waals surface area contributed by atoms with Gasteiger partial charge in [-0.2, -0.15) is 0 Å². The minimum atomic E-state index is 0.139. The van der Waals surface area contributed by atoms with Gasteiger partial charge in [0.1, 0.15) is 0 Å². The van der Waals surface area contributed by atoms with Crippen molar-refractivity contribution < 1.29 is 4.74 Å². The number of ether oxygens (including phenoxy) is 1. The van der Waals surface area contributed by atoms with E-state index in [1.165, 1.54) is 43.3 Å². The van der Waals surface area contributed by atoms with Gasteiger partial charge in [0.2, 0.25) is 0 Å². The van der Waals surface area contributed by atoms with E-state index in [0.29, 0.717) is 0 Å². The van der Waals surface area contributed by atoms with Crippen molar-refractivity contribution >= 4 is 22.6 Å². The first-order valence-electron chi connectivity index (χ1n) is 5.04. The highest BCUT2D eigenvalue weighted by atomic mass is 127. The van der Waals surface area contributed by atoms with Crippen LogP contribution in [0.5, 0.6) is 0 Å². The second-order valence-electron chi connectivity index (χ2n) is 4.04. The molecule has 0 radical (unpaired) electrons. The van der Waals surface area contributed by atoms with Gasteiger partial charge in [0.15, 0.2) is 0 Å². The first kappa shape index (κ1) is 11.7. The van der Waals surface area contributed by atoms with Gasteiger partial charge in [0, 0.05) is 24.6 Å². The molecule has 78 valence electrons. The summed E-state index contributed by atoms with van der Waals surface area (Å²) in [5.74, 6) is 0. The Hall–Kier alpha value is 0.650. The van der Waals surface area contributed by atoms with Crippen LogP contribution in [0.3, 0.4) is 0 Å². The number of hydrogen-bond acceptors (Lipinski definition) is 2. The molecule has 3 heteroatoms. The van der Waals surface area contributed by atoms with Crippen molar-refractivity contribution in [3.8, 4) is 0 Å². The van der Waals surface area contributed by atoms with Gasteiger partial charge in [-0.1, -0.05) is 22.6 Å². The lowest BCUT2D eigenvalue weighted by Gasteiger charge is -2.26. The maximum atomic E-state index is 5.56. The Balaban J connectivity index is 2.39. The maximum absolute atomic E-state index is 5.56. The summed E-state index contributed by atoms with van der Waals surface area (Å²) in [6, 6.07) is 0. The molecule has 1 heterocycles. The molecule has 13 heavy (non-hydrogen) atoms. The molecule has 1 saturated heterocycles. The van der Waals surface area contributed by atoms with Gasteiger partial charge < -0.3 is 9.64 Å². The zero-order valence-electron chi connectivity index (χ0n) is 8.68. The van der Waals surface area contributed by atoms with Crippen LogP contribution in [-0.4, -0.2) is 41.7 Å². The topological polar surface area (TPSA) is 12.5 Å². The number of rotatable bonds is 3. The fourth-order valence-electron chi connectivity index (χ4n) is 1.86. The molecule has 1 rings (SSSR count). The molecular weight excluding hydrogens is 277 g/mol. The molecule has 0 N–H and O–H groups in total. The fourth-order valence-corrected chi connectivity index (χ4v) is 2.54. The molecule has 0 saturated carbocycles. The lowest BCUT2D eigenvalue weighted by Crippen LogP contribution is -2.31. The van der Waals surface area contributed by atoms with E-state index in [4.69, 9.17) is 4.74 Å². The molecular formula is C10H20INO. The van der Waals surface area contributed by atoms with Crippen molar-refractivity contribution in [2.24, 2.45) is 0 Å². The second kappa shape index (κ2) is 5.51. The Labute approximate surface area is 95.2 Å². The Morgan fingerprint density at radius 3 is 2.77 bits per heavy atom. The third-order valence-corrected chi connectivity index (χ3v) is 3.51. The zero-order chi connectivity index (χ0) is 9.73. The second-order valence-corrected chi connectivity index (χ2v) is 5.12. The minimum Gasteiger partial charge on any atom is -0.378 e. The van der Waals surface area contributed by atoms with Crippen molar-refractivity contribution in [3.05, 3.63) is 0 Å². The van der Waals surface area contributed by atoms with Crippen LogP contribution >= 0.6 is 22.6 Å². The van der Waals surface area contributed by atoms with Gasteiger partial charge >= 0.3 is 0 Å². The number of likely N-dealkylation sites (tertiary alicyclic amines) is 1. The highest BCUT2D eigenvalue weighted by Crippen LogP contribution is 2.24. The maximum Gasteiger partial charge on any atom is 0.0663 e. The number of halogens is 1. The van der Waals surface area contributed by atoms with E-state index in [9.17, 15) is 0 Å². The van der Waals surface area contributed by atoms with Gasteiger partial charge in [-0.25, -0.2) is 0 Å². The summed E-state index contributed by atoms with van der Waals surface area (Å²) >= 11 is 2.45. The van der Waals surface area contributed by atoms with Crippen molar-refractivity contribution in [1.29, 1.82) is 0 Å². The van der Waals surface area contributed by atoms with E-state index in [0.717, 1.165) is 0 Å². The van der Waals surface area contributed by atoms with Crippen LogP contribution in [0.25, 0.3) is 0 Å². The monoisotopic (exact) mass is 297 g/mol. The first-order chi connectivity index (χ1) is 6.20. The molecule has 0 bridgehead atoms. The van der Waals surface area contributed by atoms with Crippen LogP contribution in [0.4, 0.5) is 0 Å². The number of hydrogen-bond donors (Lipinski definition) is 0. The van der Waals surface area contributed by atoms with E-state index in [2.05, 4.69) is 34.4 Å². The summed E-state index contributed by atoms with van der Waals surface area (Å²) in [6.07, 6.45) is 3.67. The Bertz CT molecular complexity index is 154. The molecule has 0 aliphatic carbocycles. The quantitative estimate of drug-likeness (QED) is 0.585. The van der Waals surface area contributed by atoms with Crippen LogP contribution in [-0.2, 0) is 4.74 Å². The Morgan fingerprint density at radius 2 is 2.15 bits per heavy atom. The van der Waals surface area contributed by atoms with Crippen LogP contribution < -0.4 is 0 Å². The normalized spacial score (nSPS) is 31.6. The molecule has 1 aliphatic heterocycles. The van der Waals surface area contributed by atoms with Gasteiger partial charge in [-0.05, 0) is 32.7 Å². The lowest BCUT2D eigenvalue weighted by atomic mass is 9.97. The molecule has 1 fully saturated rings. The predicted octanol–water partition coefficient (Wildman–Crippen LogP) is 2.31. The standard InChI is InChI=1S/C10H20INO/c1-10(13-2)4-3-7-12(8-5-10)9-6-11/h3-9H2,1-2H3. The largest absolute Gasteiger partial charge is 0.378 e. The molecule has 0 aromatic heterocycles. The molecule has 0 spiro atoms. The summed E-state index contributed by atoms with van der Waals surface area (Å²) in [5, 5.41) is 0. The lowest BCUT2D eigenvalue weighted by molar-refractivity contribution is -0.00555. The van der Waals surface area contributed by atoms with Gasteiger partial charge in [-0.15, -0.1) is 0 Å². The average molecular weight is 297 g/mol. The highest BCUT2D eigenvalue weighted by Gasteiger charge is 2.26. The van der Waals surface area contributed by atoms with E-state index in [1.54, 1.807) is 0 Å². The SMILES string of the molecule is COC1(C)CCCN(CCI)CC1. The van der Waals surface area contributed by atoms with Gasteiger partial charge in [0.05, 0.1) is 5.60 Å². The first-order valence-corrected chi connectivity index (χ1v) is 6.56. The zero-order valence-corrected chi connectivity index (χ0v) is 10.8. The summed E-state index contributed by atoms with van der Waals surface area (Å²) in [5.41, 5.74) is 0.139. The summed E-state index contributed by atoms with van der Waals surface area (Å²) in [7, 11) is 1.84. The van der Waals surface area contributed by atoms with E-state index in [-0.39, 0.29) is 5.60 Å². The molecule has 0 aromatic rings. The van der Waals surface area contributed by atoms with E-state index >= 15 is 0 Å². The molecule has 0 amide bonds. The number of methoxy groups -OCH3 is 1. The van der Waals surface area contributed by atoms with Gasteiger partial charge in [-0.3, -0.25) is 0 Å². The predicted molar refractivity (Wildman–Crippen MR) is 64.6 cm³/mol. The average Bonchev–Trinajstić information content (AvgIpc) is 2.31. The minimum absolute atomic E-state index is 0.139. The van der Waals surface area contributed by atoms with E-state index < -0.39 is 0 Å². The van der Waals surface area contributed by atoms with Crippen molar-refractivity contribution in [2.45, 2.75) is 31.8 Å². The van der Waals surface area contributed by atoms with Gasteiger partial charge in [0.25, 0.3) is 0 Å². The number of alkyl halides is 1. The van der Waals surface area contributed by atoms with Crippen LogP contribution in [0, 0.1) is 0 Å². The Kier molecular flexibility index (Phi) is 4.97. The van der Waals surface area contributed by atoms with Crippen LogP contribution in [0.2, 0.25) is 0 Å². The molecule has 1 atom stereocenters. The molecule has 1 unspecified atom stereocenters. The third kappa shape index (κ3) is 3.72. The summed E-state index contributed by atoms with van der Waals surface area (Å²) < 4.78 is 6.79. The Morgan fingerprint density at radius 1 is 1.38 bits per heavy atom. The highest BCUT2D eigenvalue weighted by molar-refractivity contribution is 14.1. The van der Waals surface area contributed by atoms with E-state index in [1.807, 2.05) is 7.11 Å². The van der Waals surface area contributed by atoms with Crippen molar-refractivity contribution in [1.82, 2.24) is 4.90 Å². The fraction of sp³-hybridized carbons (Fsp3) is 1.00. The van der Waals surface area contributed by atoms with Crippen molar-refractivity contribution in [2.75, 3.05) is 31.2 Å². The molecule has 2 nitrogen and oxygen atoms in total. The van der Waals surface area contributed by atoms with Crippen LogP contribution in [0.15, 0.2) is 0 Å². The molecule has 0 aromatic carbocycles. The smallest absolute Gasteiger partial charge is 0.0663 e. The summed E-state index contributed by atoms with van der Waals surface area (Å²) in [4.78, 5) is 2.55. The number of nitrogens with zero attached hydrogens (tertiary/aromatic N) is 1. The van der Waals surface area contributed by atoms with Crippen molar-refractivity contribution in [3.63, 3.8) is 0 Å². The summed E-state index contributed by atoms with van der Waals surface area (Å²) in [6.45, 7) is 5.93.